The molecule has 1 aromatic heterocycles. The van der Waals surface area contributed by atoms with Crippen LogP contribution in [0, 0.1) is 0 Å². The highest BCUT2D eigenvalue weighted by Crippen LogP contribution is 2.08. The lowest BCUT2D eigenvalue weighted by molar-refractivity contribution is 0.425. The fourth-order valence-electron chi connectivity index (χ4n) is 1.44. The van der Waals surface area contributed by atoms with Crippen molar-refractivity contribution < 1.29 is 10.0 Å². The molecule has 5 heteroatoms. The molecule has 0 spiro atoms. The fraction of sp³-hybridized carbons (Fsp3) is 0.500. The van der Waals surface area contributed by atoms with E-state index in [-0.39, 0.29) is 0 Å². The molecule has 15 heavy (non-hydrogen) atoms. The number of aromatic nitrogens is 1. The van der Waals surface area contributed by atoms with Crippen LogP contribution in [-0.4, -0.2) is 35.2 Å². The van der Waals surface area contributed by atoms with Crippen LogP contribution in [0.15, 0.2) is 18.3 Å². The lowest BCUT2D eigenvalue weighted by Gasteiger charge is -2.21. The van der Waals surface area contributed by atoms with Crippen molar-refractivity contribution in [1.29, 1.82) is 0 Å². The summed E-state index contributed by atoms with van der Waals surface area (Å²) in [4.78, 5) is 6.34. The van der Waals surface area contributed by atoms with Gasteiger partial charge in [-0.05, 0) is 19.4 Å². The van der Waals surface area contributed by atoms with Crippen LogP contribution < -0.4 is 10.4 Å². The third kappa shape index (κ3) is 3.21. The van der Waals surface area contributed by atoms with Crippen molar-refractivity contribution in [1.82, 2.24) is 4.98 Å². The van der Waals surface area contributed by atoms with E-state index < -0.39 is 7.12 Å². The first-order valence-corrected chi connectivity index (χ1v) is 5.26. The van der Waals surface area contributed by atoms with Crippen LogP contribution in [0.25, 0.3) is 0 Å². The summed E-state index contributed by atoms with van der Waals surface area (Å²) in [7, 11) is -1.44. The maximum atomic E-state index is 8.92. The van der Waals surface area contributed by atoms with E-state index in [1.54, 1.807) is 6.07 Å². The van der Waals surface area contributed by atoms with Gasteiger partial charge in [0.25, 0.3) is 0 Å². The molecule has 0 unspecified atom stereocenters. The Balaban J connectivity index is 2.77. The quantitative estimate of drug-likeness (QED) is 0.668. The van der Waals surface area contributed by atoms with Gasteiger partial charge < -0.3 is 14.9 Å². The molecular weight excluding hydrogens is 191 g/mol. The summed E-state index contributed by atoms with van der Waals surface area (Å²) in [5.74, 6) is 0.878. The van der Waals surface area contributed by atoms with Crippen molar-refractivity contribution in [3.05, 3.63) is 18.3 Å². The summed E-state index contributed by atoms with van der Waals surface area (Å²) in [6, 6.07) is 3.50. The highest BCUT2D eigenvalue weighted by atomic mass is 16.4. The van der Waals surface area contributed by atoms with E-state index >= 15 is 0 Å². The minimum Gasteiger partial charge on any atom is -0.423 e. The lowest BCUT2D eigenvalue weighted by atomic mass is 9.82. The van der Waals surface area contributed by atoms with E-state index in [4.69, 9.17) is 10.0 Å². The maximum absolute atomic E-state index is 8.92. The van der Waals surface area contributed by atoms with E-state index in [1.807, 2.05) is 6.07 Å². The van der Waals surface area contributed by atoms with Crippen LogP contribution >= 0.6 is 0 Å². The average molecular weight is 208 g/mol. The molecule has 0 atom stereocenters. The van der Waals surface area contributed by atoms with Gasteiger partial charge in [0, 0.05) is 24.7 Å². The number of nitrogens with zero attached hydrogens (tertiary/aromatic N) is 2. The predicted molar refractivity (Wildman–Crippen MR) is 62.2 cm³/mol. The van der Waals surface area contributed by atoms with Gasteiger partial charge in [-0.25, -0.2) is 4.98 Å². The first-order chi connectivity index (χ1) is 7.19. The molecule has 0 fully saturated rings. The molecule has 0 bridgehead atoms. The van der Waals surface area contributed by atoms with Crippen molar-refractivity contribution in [3.8, 4) is 0 Å². The molecule has 0 aliphatic heterocycles. The molecule has 2 N–H and O–H groups in total. The van der Waals surface area contributed by atoms with Gasteiger partial charge in [-0.1, -0.05) is 13.0 Å². The van der Waals surface area contributed by atoms with E-state index in [2.05, 4.69) is 23.7 Å². The van der Waals surface area contributed by atoms with Crippen LogP contribution in [0.3, 0.4) is 0 Å². The standard InChI is InChI=1S/C10H17BN2O2/c1-3-7-13(4-2)10-6-5-9(8-12-10)11(14)15/h5-6,8,14-15H,3-4,7H2,1-2H3. The number of pyridine rings is 1. The Kier molecular flexibility index (Phi) is 4.58. The van der Waals surface area contributed by atoms with Crippen molar-refractivity contribution >= 4 is 18.4 Å². The third-order valence-corrected chi connectivity index (χ3v) is 2.27. The Hall–Kier alpha value is -1.07. The Labute approximate surface area is 90.7 Å². The van der Waals surface area contributed by atoms with E-state index in [1.165, 1.54) is 6.20 Å². The monoisotopic (exact) mass is 208 g/mol. The smallest absolute Gasteiger partial charge is 0.423 e. The number of hydrogen-bond acceptors (Lipinski definition) is 4. The number of rotatable bonds is 5. The Bertz CT molecular complexity index is 290. The maximum Gasteiger partial charge on any atom is 0.490 e. The van der Waals surface area contributed by atoms with Gasteiger partial charge in [0.15, 0.2) is 0 Å². The van der Waals surface area contributed by atoms with E-state index in [9.17, 15) is 0 Å². The zero-order chi connectivity index (χ0) is 11.3. The molecular formula is C10H17BN2O2. The highest BCUT2D eigenvalue weighted by Gasteiger charge is 2.11. The minimum absolute atomic E-state index is 0.423. The van der Waals surface area contributed by atoms with Gasteiger partial charge in [-0.15, -0.1) is 0 Å². The van der Waals surface area contributed by atoms with Gasteiger partial charge in [0.1, 0.15) is 5.82 Å². The second-order valence-corrected chi connectivity index (χ2v) is 3.40. The molecule has 0 radical (unpaired) electrons. The molecule has 0 saturated carbocycles. The molecule has 1 rings (SSSR count). The first-order valence-electron chi connectivity index (χ1n) is 5.26. The van der Waals surface area contributed by atoms with Crippen LogP contribution in [0.2, 0.25) is 0 Å². The van der Waals surface area contributed by atoms with Gasteiger partial charge in [-0.2, -0.15) is 0 Å². The molecule has 0 amide bonds. The summed E-state index contributed by atoms with van der Waals surface area (Å²) in [5, 5.41) is 17.8. The minimum atomic E-state index is -1.44. The summed E-state index contributed by atoms with van der Waals surface area (Å²) in [6.45, 7) is 6.06. The van der Waals surface area contributed by atoms with Crippen LogP contribution in [0.5, 0.6) is 0 Å². The number of hydrogen-bond donors (Lipinski definition) is 2. The largest absolute Gasteiger partial charge is 0.490 e. The van der Waals surface area contributed by atoms with E-state index in [0.717, 1.165) is 25.3 Å². The third-order valence-electron chi connectivity index (χ3n) is 2.27. The molecule has 4 nitrogen and oxygen atoms in total. The van der Waals surface area contributed by atoms with Crippen molar-refractivity contribution in [2.24, 2.45) is 0 Å². The summed E-state index contributed by atoms with van der Waals surface area (Å²) >= 11 is 0. The molecule has 0 aliphatic carbocycles. The van der Waals surface area contributed by atoms with Crippen molar-refractivity contribution in [2.45, 2.75) is 20.3 Å². The van der Waals surface area contributed by atoms with Crippen molar-refractivity contribution in [2.75, 3.05) is 18.0 Å². The fourth-order valence-corrected chi connectivity index (χ4v) is 1.44. The molecule has 1 heterocycles. The summed E-state index contributed by atoms with van der Waals surface area (Å²) in [6.07, 6.45) is 2.57. The highest BCUT2D eigenvalue weighted by molar-refractivity contribution is 6.58. The molecule has 1 aromatic rings. The second kappa shape index (κ2) is 5.73. The van der Waals surface area contributed by atoms with Gasteiger partial charge >= 0.3 is 7.12 Å². The Morgan fingerprint density at radius 3 is 2.47 bits per heavy atom. The molecule has 82 valence electrons. The molecule has 0 saturated heterocycles. The number of anilines is 1. The van der Waals surface area contributed by atoms with Crippen LogP contribution in [-0.2, 0) is 0 Å². The van der Waals surface area contributed by atoms with Gasteiger partial charge in [0.2, 0.25) is 0 Å². The van der Waals surface area contributed by atoms with E-state index in [0.29, 0.717) is 5.46 Å². The second-order valence-electron chi connectivity index (χ2n) is 3.40. The zero-order valence-corrected chi connectivity index (χ0v) is 9.22. The Morgan fingerprint density at radius 2 is 2.07 bits per heavy atom. The Morgan fingerprint density at radius 1 is 1.33 bits per heavy atom. The van der Waals surface area contributed by atoms with Crippen LogP contribution in [0.1, 0.15) is 20.3 Å². The molecule has 0 aromatic carbocycles. The first kappa shape index (κ1) is 12.0. The van der Waals surface area contributed by atoms with Crippen LogP contribution in [0.4, 0.5) is 5.82 Å². The summed E-state index contributed by atoms with van der Waals surface area (Å²) < 4.78 is 0. The predicted octanol–water partition coefficient (Wildman–Crippen LogP) is -0.00230. The molecule has 0 aliphatic rings. The normalized spacial score (nSPS) is 10.1. The average Bonchev–Trinajstić information content (AvgIpc) is 2.26. The van der Waals surface area contributed by atoms with Gasteiger partial charge in [0.05, 0.1) is 0 Å². The summed E-state index contributed by atoms with van der Waals surface area (Å²) in [5.41, 5.74) is 0.423. The zero-order valence-electron chi connectivity index (χ0n) is 9.22. The topological polar surface area (TPSA) is 56.6 Å². The lowest BCUT2D eigenvalue weighted by Crippen LogP contribution is -2.31. The van der Waals surface area contributed by atoms with Crippen molar-refractivity contribution in [3.63, 3.8) is 0 Å². The SMILES string of the molecule is CCCN(CC)c1ccc(B(O)O)cn1. The van der Waals surface area contributed by atoms with Gasteiger partial charge in [-0.3, -0.25) is 0 Å².